The highest BCUT2D eigenvalue weighted by Crippen LogP contribution is 2.31. The van der Waals surface area contributed by atoms with Crippen molar-refractivity contribution in [1.29, 1.82) is 0 Å². The lowest BCUT2D eigenvalue weighted by Crippen LogP contribution is -2.08. The molecule has 0 saturated carbocycles. The Hall–Kier alpha value is -1.74. The molecule has 0 saturated heterocycles. The van der Waals surface area contributed by atoms with Gasteiger partial charge < -0.3 is 10.1 Å². The first kappa shape index (κ1) is 12.3. The summed E-state index contributed by atoms with van der Waals surface area (Å²) in [5, 5.41) is 3.00. The number of amides is 1. The first-order valence-electron chi connectivity index (χ1n) is 4.55. The van der Waals surface area contributed by atoms with E-state index in [-0.39, 0.29) is 5.91 Å². The van der Waals surface area contributed by atoms with Gasteiger partial charge in [0.25, 0.3) is 0 Å². The van der Waals surface area contributed by atoms with Gasteiger partial charge in [-0.3, -0.25) is 4.79 Å². The smallest absolute Gasteiger partial charge is 0.247 e. The van der Waals surface area contributed by atoms with Crippen molar-refractivity contribution in [3.05, 3.63) is 42.0 Å². The van der Waals surface area contributed by atoms with Crippen LogP contribution in [0.25, 0.3) is 6.08 Å². The third-order valence-electron chi connectivity index (χ3n) is 1.98. The van der Waals surface area contributed by atoms with Crippen molar-refractivity contribution in [2.45, 2.75) is 0 Å². The zero-order valence-electron chi connectivity index (χ0n) is 8.92. The van der Waals surface area contributed by atoms with Crippen LogP contribution in [0.3, 0.4) is 0 Å². The first-order valence-corrected chi connectivity index (χ1v) is 4.93. The van der Waals surface area contributed by atoms with Gasteiger partial charge >= 0.3 is 0 Å². The van der Waals surface area contributed by atoms with Gasteiger partial charge in [-0.05, 0) is 12.1 Å². The Kier molecular flexibility index (Phi) is 4.14. The average Bonchev–Trinajstić information content (AvgIpc) is 2.30. The van der Waals surface area contributed by atoms with Gasteiger partial charge in [-0.2, -0.15) is 0 Å². The van der Waals surface area contributed by atoms with Gasteiger partial charge in [0.15, 0.2) is 0 Å². The molecule has 0 bridgehead atoms. The number of nitrogens with one attached hydrogen (secondary N) is 1. The summed E-state index contributed by atoms with van der Waals surface area (Å²) >= 11 is 5.99. The molecule has 16 heavy (non-hydrogen) atoms. The fraction of sp³-hybridized carbons (Fsp3) is 0.0833. The maximum atomic E-state index is 11.1. The van der Waals surface area contributed by atoms with Crippen LogP contribution in [0.2, 0.25) is 5.02 Å². The van der Waals surface area contributed by atoms with Gasteiger partial charge in [0, 0.05) is 11.6 Å². The molecule has 84 valence electrons. The fourth-order valence-electron chi connectivity index (χ4n) is 1.18. The number of methoxy groups -OCH3 is 1. The molecular formula is C12H12ClNO2. The van der Waals surface area contributed by atoms with E-state index in [1.54, 1.807) is 18.2 Å². The van der Waals surface area contributed by atoms with Crippen LogP contribution in [0.1, 0.15) is 5.56 Å². The lowest BCUT2D eigenvalue weighted by Gasteiger charge is -2.10. The van der Waals surface area contributed by atoms with Gasteiger partial charge in [-0.1, -0.05) is 30.8 Å². The van der Waals surface area contributed by atoms with E-state index in [0.29, 0.717) is 16.5 Å². The highest BCUT2D eigenvalue weighted by molar-refractivity contribution is 6.34. The van der Waals surface area contributed by atoms with Crippen molar-refractivity contribution < 1.29 is 9.53 Å². The summed E-state index contributed by atoms with van der Waals surface area (Å²) in [4.78, 5) is 11.1. The highest BCUT2D eigenvalue weighted by atomic mass is 35.5. The van der Waals surface area contributed by atoms with Crippen molar-refractivity contribution in [3.8, 4) is 5.75 Å². The van der Waals surface area contributed by atoms with Gasteiger partial charge in [0.05, 0.1) is 17.8 Å². The molecule has 0 radical (unpaired) electrons. The topological polar surface area (TPSA) is 38.3 Å². The summed E-state index contributed by atoms with van der Waals surface area (Å²) in [7, 11) is 1.54. The van der Waals surface area contributed by atoms with Crippen molar-refractivity contribution >= 4 is 29.3 Å². The van der Waals surface area contributed by atoms with Gasteiger partial charge in [-0.25, -0.2) is 0 Å². The van der Waals surface area contributed by atoms with Crippen molar-refractivity contribution in [2.75, 3.05) is 12.4 Å². The molecule has 1 rings (SSSR count). The summed E-state index contributed by atoms with van der Waals surface area (Å²) in [6.07, 6.45) is 2.80. The Balaban J connectivity index is 3.15. The molecule has 0 aliphatic heterocycles. The van der Waals surface area contributed by atoms with E-state index in [0.717, 1.165) is 5.56 Å². The van der Waals surface area contributed by atoms with Crippen LogP contribution in [0.4, 0.5) is 5.69 Å². The van der Waals surface area contributed by atoms with Crippen LogP contribution in [0.5, 0.6) is 5.75 Å². The second kappa shape index (κ2) is 5.37. The fourth-order valence-corrected chi connectivity index (χ4v) is 1.40. The molecule has 0 atom stereocenters. The molecule has 1 aromatic carbocycles. The zero-order valence-corrected chi connectivity index (χ0v) is 9.67. The number of benzene rings is 1. The van der Waals surface area contributed by atoms with Gasteiger partial charge in [0.2, 0.25) is 5.91 Å². The van der Waals surface area contributed by atoms with Crippen LogP contribution in [-0.2, 0) is 4.79 Å². The Morgan fingerprint density at radius 1 is 1.50 bits per heavy atom. The molecule has 0 aromatic heterocycles. The van der Waals surface area contributed by atoms with E-state index >= 15 is 0 Å². The standard InChI is InChI=1S/C12H12ClNO2/c1-4-8-6-9(13)10(7-11(8)16-3)14-12(15)5-2/h4-7H,1-2H2,3H3,(H,14,15). The molecular weight excluding hydrogens is 226 g/mol. The normalized spacial score (nSPS) is 9.38. The second-order valence-corrected chi connectivity index (χ2v) is 3.38. The van der Waals surface area contributed by atoms with Crippen molar-refractivity contribution in [3.63, 3.8) is 0 Å². The van der Waals surface area contributed by atoms with E-state index < -0.39 is 0 Å². The largest absolute Gasteiger partial charge is 0.496 e. The highest BCUT2D eigenvalue weighted by Gasteiger charge is 2.08. The molecule has 0 heterocycles. The third-order valence-corrected chi connectivity index (χ3v) is 2.30. The minimum absolute atomic E-state index is 0.324. The summed E-state index contributed by atoms with van der Waals surface area (Å²) in [5.41, 5.74) is 1.25. The quantitative estimate of drug-likeness (QED) is 0.818. The Morgan fingerprint density at radius 3 is 2.69 bits per heavy atom. The van der Waals surface area contributed by atoms with E-state index in [1.165, 1.54) is 13.2 Å². The molecule has 1 aromatic rings. The Bertz CT molecular complexity index is 441. The van der Waals surface area contributed by atoms with Gasteiger partial charge in [-0.15, -0.1) is 0 Å². The number of carbonyl (C=O) groups excluding carboxylic acids is 1. The monoisotopic (exact) mass is 237 g/mol. The van der Waals surface area contributed by atoms with Crippen LogP contribution >= 0.6 is 11.6 Å². The average molecular weight is 238 g/mol. The molecule has 0 fully saturated rings. The Morgan fingerprint density at radius 2 is 2.19 bits per heavy atom. The molecule has 3 nitrogen and oxygen atoms in total. The number of anilines is 1. The predicted octanol–water partition coefficient (Wildman–Crippen LogP) is 3.12. The molecule has 0 aliphatic carbocycles. The van der Waals surface area contributed by atoms with Gasteiger partial charge in [0.1, 0.15) is 5.75 Å². The number of rotatable bonds is 4. The van der Waals surface area contributed by atoms with Crippen LogP contribution in [-0.4, -0.2) is 13.0 Å². The number of ether oxygens (including phenoxy) is 1. The molecule has 0 unspecified atom stereocenters. The lowest BCUT2D eigenvalue weighted by atomic mass is 10.1. The molecule has 0 aliphatic rings. The third kappa shape index (κ3) is 2.64. The number of carbonyl (C=O) groups is 1. The maximum Gasteiger partial charge on any atom is 0.247 e. The molecule has 4 heteroatoms. The van der Waals surface area contributed by atoms with E-state index in [4.69, 9.17) is 16.3 Å². The number of halogens is 1. The zero-order chi connectivity index (χ0) is 12.1. The first-order chi connectivity index (χ1) is 7.62. The van der Waals surface area contributed by atoms with Crippen LogP contribution in [0, 0.1) is 0 Å². The second-order valence-electron chi connectivity index (χ2n) is 2.97. The molecule has 1 N–H and O–H groups in total. The summed E-state index contributed by atoms with van der Waals surface area (Å²) in [6.45, 7) is 7.01. The predicted molar refractivity (Wildman–Crippen MR) is 66.9 cm³/mol. The Labute approximate surface area is 99.4 Å². The molecule has 1 amide bonds. The number of hydrogen-bond donors (Lipinski definition) is 1. The van der Waals surface area contributed by atoms with E-state index in [1.807, 2.05) is 0 Å². The van der Waals surface area contributed by atoms with Crippen LogP contribution < -0.4 is 10.1 Å². The lowest BCUT2D eigenvalue weighted by molar-refractivity contribution is -0.111. The number of hydrogen-bond acceptors (Lipinski definition) is 2. The minimum atomic E-state index is -0.324. The minimum Gasteiger partial charge on any atom is -0.496 e. The summed E-state index contributed by atoms with van der Waals surface area (Å²) in [6, 6.07) is 3.31. The maximum absolute atomic E-state index is 11.1. The molecule has 0 spiro atoms. The summed E-state index contributed by atoms with van der Waals surface area (Å²) < 4.78 is 5.14. The van der Waals surface area contributed by atoms with Crippen LogP contribution in [0.15, 0.2) is 31.4 Å². The van der Waals surface area contributed by atoms with Crippen molar-refractivity contribution in [1.82, 2.24) is 0 Å². The summed E-state index contributed by atoms with van der Waals surface area (Å²) in [5.74, 6) is 0.272. The SMILES string of the molecule is C=CC(=O)Nc1cc(OC)c(C=C)cc1Cl. The van der Waals surface area contributed by atoms with Crippen molar-refractivity contribution in [2.24, 2.45) is 0 Å². The van der Waals surface area contributed by atoms with E-state index in [2.05, 4.69) is 18.5 Å². The van der Waals surface area contributed by atoms with E-state index in [9.17, 15) is 4.79 Å².